The lowest BCUT2D eigenvalue weighted by molar-refractivity contribution is -0.384. The van der Waals surface area contributed by atoms with E-state index in [0.29, 0.717) is 16.1 Å². The van der Waals surface area contributed by atoms with Crippen molar-refractivity contribution in [1.82, 2.24) is 4.90 Å². The summed E-state index contributed by atoms with van der Waals surface area (Å²) in [5.74, 6) is 0.642. The normalized spacial score (nSPS) is 16.0. The summed E-state index contributed by atoms with van der Waals surface area (Å²) in [6.07, 6.45) is 1.98. The maximum Gasteiger partial charge on any atom is 0.321 e. The number of nitro groups is 1. The molecule has 0 unspecified atom stereocenters. The van der Waals surface area contributed by atoms with Gasteiger partial charge in [-0.15, -0.1) is 0 Å². The van der Waals surface area contributed by atoms with Crippen LogP contribution in [0.5, 0.6) is 0 Å². The van der Waals surface area contributed by atoms with E-state index in [1.807, 2.05) is 0 Å². The number of likely N-dealkylation sites (tertiary alicyclic amines) is 1. The minimum atomic E-state index is -0.481. The average Bonchev–Trinajstić information content (AvgIpc) is 2.41. The summed E-state index contributed by atoms with van der Waals surface area (Å²) in [4.78, 5) is 24.1. The van der Waals surface area contributed by atoms with Gasteiger partial charge in [-0.3, -0.25) is 10.1 Å². The van der Waals surface area contributed by atoms with Crippen molar-refractivity contribution < 1.29 is 9.72 Å². The fraction of sp³-hybridized carbons (Fsp3) is 0.462. The van der Waals surface area contributed by atoms with Crippen molar-refractivity contribution >= 4 is 33.3 Å². The number of carbonyl (C=O) groups excluding carboxylic acids is 1. The number of anilines is 1. The van der Waals surface area contributed by atoms with Gasteiger partial charge in [0.25, 0.3) is 5.69 Å². The van der Waals surface area contributed by atoms with Crippen LogP contribution in [-0.4, -0.2) is 28.9 Å². The van der Waals surface area contributed by atoms with Crippen LogP contribution in [0.15, 0.2) is 22.7 Å². The van der Waals surface area contributed by atoms with Crippen molar-refractivity contribution in [3.05, 3.63) is 32.8 Å². The number of benzene rings is 1. The van der Waals surface area contributed by atoms with Crippen LogP contribution in [0.4, 0.5) is 16.2 Å². The first-order chi connectivity index (χ1) is 9.47. The highest BCUT2D eigenvalue weighted by Gasteiger charge is 2.21. The smallest absolute Gasteiger partial charge is 0.321 e. The predicted molar refractivity (Wildman–Crippen MR) is 79.8 cm³/mol. The molecule has 20 heavy (non-hydrogen) atoms. The second-order valence-corrected chi connectivity index (χ2v) is 5.88. The van der Waals surface area contributed by atoms with E-state index < -0.39 is 4.92 Å². The molecule has 0 atom stereocenters. The number of rotatable bonds is 2. The Morgan fingerprint density at radius 1 is 1.45 bits per heavy atom. The van der Waals surface area contributed by atoms with Crippen molar-refractivity contribution in [2.75, 3.05) is 18.4 Å². The predicted octanol–water partition coefficient (Wildman–Crippen LogP) is 3.62. The van der Waals surface area contributed by atoms with Gasteiger partial charge in [-0.1, -0.05) is 6.92 Å². The summed E-state index contributed by atoms with van der Waals surface area (Å²) < 4.78 is 0.627. The summed E-state index contributed by atoms with van der Waals surface area (Å²) in [5, 5.41) is 13.5. The first kappa shape index (κ1) is 14.8. The van der Waals surface area contributed by atoms with E-state index in [1.165, 1.54) is 12.1 Å². The Balaban J connectivity index is 2.07. The Kier molecular flexibility index (Phi) is 4.59. The number of nitro benzene ring substituents is 1. The first-order valence-electron chi connectivity index (χ1n) is 6.47. The van der Waals surface area contributed by atoms with Crippen molar-refractivity contribution in [2.45, 2.75) is 19.8 Å². The summed E-state index contributed by atoms with van der Waals surface area (Å²) >= 11 is 3.29. The molecule has 1 N–H and O–H groups in total. The molecule has 0 aliphatic carbocycles. The third-order valence-electron chi connectivity index (χ3n) is 3.47. The lowest BCUT2D eigenvalue weighted by atomic mass is 10.00. The first-order valence-corrected chi connectivity index (χ1v) is 7.26. The SMILES string of the molecule is CC1CCN(C(=O)Nc2cc([N+](=O)[O-])ccc2Br)CC1. The van der Waals surface area contributed by atoms with Gasteiger partial charge in [0, 0.05) is 29.7 Å². The highest BCUT2D eigenvalue weighted by atomic mass is 79.9. The van der Waals surface area contributed by atoms with Gasteiger partial charge >= 0.3 is 6.03 Å². The second-order valence-electron chi connectivity index (χ2n) is 5.02. The molecule has 0 saturated carbocycles. The molecule has 108 valence electrons. The Hall–Kier alpha value is -1.63. The highest BCUT2D eigenvalue weighted by molar-refractivity contribution is 9.10. The number of urea groups is 1. The number of halogens is 1. The monoisotopic (exact) mass is 341 g/mol. The number of nitrogens with one attached hydrogen (secondary N) is 1. The molecule has 2 amide bonds. The van der Waals surface area contributed by atoms with E-state index in [4.69, 9.17) is 0 Å². The van der Waals surface area contributed by atoms with Gasteiger partial charge in [0.2, 0.25) is 0 Å². The highest BCUT2D eigenvalue weighted by Crippen LogP contribution is 2.27. The Morgan fingerprint density at radius 2 is 2.10 bits per heavy atom. The molecule has 2 rings (SSSR count). The number of hydrogen-bond acceptors (Lipinski definition) is 3. The molecule has 1 fully saturated rings. The quantitative estimate of drug-likeness (QED) is 0.659. The summed E-state index contributed by atoms with van der Waals surface area (Å²) in [6, 6.07) is 4.10. The molecule has 1 aromatic carbocycles. The maximum atomic E-state index is 12.1. The summed E-state index contributed by atoms with van der Waals surface area (Å²) in [5.41, 5.74) is 0.374. The van der Waals surface area contributed by atoms with Gasteiger partial charge in [-0.2, -0.15) is 0 Å². The number of nitrogens with zero attached hydrogens (tertiary/aromatic N) is 2. The molecule has 6 nitrogen and oxygen atoms in total. The van der Waals surface area contributed by atoms with E-state index in [1.54, 1.807) is 11.0 Å². The average molecular weight is 342 g/mol. The minimum Gasteiger partial charge on any atom is -0.325 e. The molecule has 1 aromatic rings. The van der Waals surface area contributed by atoms with E-state index >= 15 is 0 Å². The molecule has 7 heteroatoms. The van der Waals surface area contributed by atoms with Crippen molar-refractivity contribution in [3.8, 4) is 0 Å². The zero-order valence-electron chi connectivity index (χ0n) is 11.1. The molecular weight excluding hydrogens is 326 g/mol. The molecular formula is C13H16BrN3O3. The van der Waals surface area contributed by atoms with Gasteiger partial charge in [-0.05, 0) is 40.8 Å². The van der Waals surface area contributed by atoms with Crippen LogP contribution < -0.4 is 5.32 Å². The summed E-state index contributed by atoms with van der Waals surface area (Å²) in [7, 11) is 0. The van der Waals surface area contributed by atoms with Crippen LogP contribution in [0, 0.1) is 16.0 Å². The third kappa shape index (κ3) is 3.47. The van der Waals surface area contributed by atoms with Gasteiger partial charge in [0.05, 0.1) is 10.6 Å². The number of carbonyl (C=O) groups is 1. The number of amides is 2. The minimum absolute atomic E-state index is 0.0456. The van der Waals surface area contributed by atoms with Crippen molar-refractivity contribution in [3.63, 3.8) is 0 Å². The van der Waals surface area contributed by atoms with Crippen LogP contribution in [0.3, 0.4) is 0 Å². The standard InChI is InChI=1S/C13H16BrN3O3/c1-9-4-6-16(7-5-9)13(18)15-12-8-10(17(19)20)2-3-11(12)14/h2-3,8-9H,4-7H2,1H3,(H,15,18). The van der Waals surface area contributed by atoms with E-state index in [-0.39, 0.29) is 11.7 Å². The Labute approximate surface area is 125 Å². The number of non-ortho nitro benzene ring substituents is 1. The molecule has 1 saturated heterocycles. The van der Waals surface area contributed by atoms with Gasteiger partial charge < -0.3 is 10.2 Å². The molecule has 0 radical (unpaired) electrons. The zero-order valence-corrected chi connectivity index (χ0v) is 12.7. The van der Waals surface area contributed by atoms with Gasteiger partial charge in [0.15, 0.2) is 0 Å². The van der Waals surface area contributed by atoms with E-state index in [2.05, 4.69) is 28.2 Å². The van der Waals surface area contributed by atoms with Crippen LogP contribution >= 0.6 is 15.9 Å². The maximum absolute atomic E-state index is 12.1. The second kappa shape index (κ2) is 6.21. The lowest BCUT2D eigenvalue weighted by Gasteiger charge is -2.30. The lowest BCUT2D eigenvalue weighted by Crippen LogP contribution is -2.40. The van der Waals surface area contributed by atoms with Gasteiger partial charge in [-0.25, -0.2) is 4.79 Å². The molecule has 1 heterocycles. The largest absolute Gasteiger partial charge is 0.325 e. The van der Waals surface area contributed by atoms with Crippen LogP contribution in [0.1, 0.15) is 19.8 Å². The molecule has 1 aliphatic rings. The molecule has 0 spiro atoms. The molecule has 1 aliphatic heterocycles. The third-order valence-corrected chi connectivity index (χ3v) is 4.16. The molecule has 0 aromatic heterocycles. The molecule has 0 bridgehead atoms. The topological polar surface area (TPSA) is 75.5 Å². The summed E-state index contributed by atoms with van der Waals surface area (Å²) in [6.45, 7) is 3.62. The van der Waals surface area contributed by atoms with Gasteiger partial charge in [0.1, 0.15) is 0 Å². The van der Waals surface area contributed by atoms with Crippen LogP contribution in [0.25, 0.3) is 0 Å². The Bertz CT molecular complexity index is 528. The van der Waals surface area contributed by atoms with Crippen LogP contribution in [-0.2, 0) is 0 Å². The zero-order chi connectivity index (χ0) is 14.7. The fourth-order valence-corrected chi connectivity index (χ4v) is 2.47. The number of hydrogen-bond donors (Lipinski definition) is 1. The van der Waals surface area contributed by atoms with Crippen molar-refractivity contribution in [1.29, 1.82) is 0 Å². The fourth-order valence-electron chi connectivity index (χ4n) is 2.13. The van der Waals surface area contributed by atoms with E-state index in [0.717, 1.165) is 25.9 Å². The van der Waals surface area contributed by atoms with Crippen LogP contribution in [0.2, 0.25) is 0 Å². The van der Waals surface area contributed by atoms with Crippen molar-refractivity contribution in [2.24, 2.45) is 5.92 Å². The Morgan fingerprint density at radius 3 is 2.70 bits per heavy atom. The van der Waals surface area contributed by atoms with E-state index in [9.17, 15) is 14.9 Å². The number of piperidine rings is 1.